The Hall–Kier alpha value is -2.76. The fourth-order valence-corrected chi connectivity index (χ4v) is 2.55. The highest BCUT2D eigenvalue weighted by Crippen LogP contribution is 2.14. The molecule has 3 aromatic rings. The minimum absolute atomic E-state index is 0.367. The van der Waals surface area contributed by atoms with E-state index in [1.54, 1.807) is 18.3 Å². The van der Waals surface area contributed by atoms with E-state index < -0.39 is 0 Å². The molecule has 0 aliphatic rings. The summed E-state index contributed by atoms with van der Waals surface area (Å²) in [6.45, 7) is 0. The summed E-state index contributed by atoms with van der Waals surface area (Å²) in [4.78, 5) is 4.38. The zero-order chi connectivity index (χ0) is 17.5. The Morgan fingerprint density at radius 2 is 1.76 bits per heavy atom. The summed E-state index contributed by atoms with van der Waals surface area (Å²) < 4.78 is 0. The van der Waals surface area contributed by atoms with Crippen molar-refractivity contribution >= 4 is 40.3 Å². The van der Waals surface area contributed by atoms with E-state index >= 15 is 0 Å². The van der Waals surface area contributed by atoms with Crippen molar-refractivity contribution in [3.05, 3.63) is 95.3 Å². The van der Waals surface area contributed by atoms with Gasteiger partial charge in [0, 0.05) is 22.5 Å². The van der Waals surface area contributed by atoms with Crippen LogP contribution in [0.4, 0.5) is 5.69 Å². The van der Waals surface area contributed by atoms with Gasteiger partial charge in [-0.05, 0) is 42.5 Å². The Morgan fingerprint density at radius 3 is 2.48 bits per heavy atom. The molecule has 0 aliphatic heterocycles. The SMILES string of the molecule is S=C(N/N=C(\c1ccccc1)c1ccccn1)Nc1cccc(Cl)c1. The average Bonchev–Trinajstić information content (AvgIpc) is 2.64. The molecule has 6 heteroatoms. The number of nitrogens with zero attached hydrogens (tertiary/aromatic N) is 2. The van der Waals surface area contributed by atoms with Crippen LogP contribution in [0.25, 0.3) is 0 Å². The van der Waals surface area contributed by atoms with Crippen LogP contribution in [0.15, 0.2) is 84.1 Å². The second-order valence-electron chi connectivity index (χ2n) is 5.12. The maximum atomic E-state index is 5.98. The van der Waals surface area contributed by atoms with E-state index in [1.165, 1.54) is 0 Å². The number of hydrogen-bond donors (Lipinski definition) is 2. The van der Waals surface area contributed by atoms with Crippen molar-refractivity contribution < 1.29 is 0 Å². The summed E-state index contributed by atoms with van der Waals surface area (Å²) in [7, 11) is 0. The molecule has 0 aliphatic carbocycles. The first-order valence-corrected chi connectivity index (χ1v) is 8.38. The minimum atomic E-state index is 0.367. The van der Waals surface area contributed by atoms with Gasteiger partial charge in [0.25, 0.3) is 0 Å². The molecule has 0 radical (unpaired) electrons. The number of pyridine rings is 1. The largest absolute Gasteiger partial charge is 0.331 e. The van der Waals surface area contributed by atoms with Crippen LogP contribution in [0.5, 0.6) is 0 Å². The third-order valence-electron chi connectivity index (χ3n) is 3.31. The fraction of sp³-hybridized carbons (Fsp3) is 0. The molecule has 4 nitrogen and oxygen atoms in total. The standard InChI is InChI=1S/C19H15ClN4S/c20-15-9-6-10-16(13-15)22-19(25)24-23-18(14-7-2-1-3-8-14)17-11-4-5-12-21-17/h1-13H,(H2,22,24,25)/b23-18+. The number of hydrazone groups is 1. The topological polar surface area (TPSA) is 49.3 Å². The van der Waals surface area contributed by atoms with Crippen molar-refractivity contribution in [1.29, 1.82) is 0 Å². The van der Waals surface area contributed by atoms with Gasteiger partial charge in [-0.15, -0.1) is 0 Å². The van der Waals surface area contributed by atoms with Crippen molar-refractivity contribution in [3.63, 3.8) is 0 Å². The second kappa shape index (κ2) is 8.37. The number of halogens is 1. The van der Waals surface area contributed by atoms with E-state index in [0.29, 0.717) is 15.8 Å². The number of anilines is 1. The number of rotatable bonds is 4. The molecule has 2 N–H and O–H groups in total. The molecular formula is C19H15ClN4S. The van der Waals surface area contributed by atoms with Crippen LogP contribution < -0.4 is 10.7 Å². The highest BCUT2D eigenvalue weighted by atomic mass is 35.5. The Labute approximate surface area is 156 Å². The molecular weight excluding hydrogens is 352 g/mol. The lowest BCUT2D eigenvalue weighted by Crippen LogP contribution is -2.25. The van der Waals surface area contributed by atoms with E-state index in [4.69, 9.17) is 23.8 Å². The number of hydrogen-bond acceptors (Lipinski definition) is 3. The van der Waals surface area contributed by atoms with Gasteiger partial charge in [0.15, 0.2) is 5.11 Å². The molecule has 0 unspecified atom stereocenters. The van der Waals surface area contributed by atoms with Gasteiger partial charge in [0.05, 0.1) is 5.69 Å². The van der Waals surface area contributed by atoms with Crippen LogP contribution >= 0.6 is 23.8 Å². The lowest BCUT2D eigenvalue weighted by Gasteiger charge is -2.10. The second-order valence-corrected chi connectivity index (χ2v) is 5.96. The third kappa shape index (κ3) is 4.86. The normalized spacial score (nSPS) is 11.0. The van der Waals surface area contributed by atoms with Crippen molar-refractivity contribution in [2.24, 2.45) is 5.10 Å². The van der Waals surface area contributed by atoms with Crippen LogP contribution in [0.1, 0.15) is 11.3 Å². The average molecular weight is 367 g/mol. The zero-order valence-corrected chi connectivity index (χ0v) is 14.8. The summed E-state index contributed by atoms with van der Waals surface area (Å²) in [6, 6.07) is 22.8. The van der Waals surface area contributed by atoms with Gasteiger partial charge in [-0.25, -0.2) is 0 Å². The number of benzene rings is 2. The highest BCUT2D eigenvalue weighted by Gasteiger charge is 2.08. The predicted molar refractivity (Wildman–Crippen MR) is 107 cm³/mol. The molecule has 0 saturated heterocycles. The van der Waals surface area contributed by atoms with Gasteiger partial charge < -0.3 is 5.32 Å². The van der Waals surface area contributed by atoms with Gasteiger partial charge in [-0.3, -0.25) is 10.4 Å². The van der Waals surface area contributed by atoms with Crippen molar-refractivity contribution in [1.82, 2.24) is 10.4 Å². The van der Waals surface area contributed by atoms with Crippen LogP contribution in [-0.2, 0) is 0 Å². The minimum Gasteiger partial charge on any atom is -0.331 e. The molecule has 25 heavy (non-hydrogen) atoms. The Kier molecular flexibility index (Phi) is 5.72. The van der Waals surface area contributed by atoms with Gasteiger partial charge in [-0.2, -0.15) is 5.10 Å². The quantitative estimate of drug-likeness (QED) is 0.406. The van der Waals surface area contributed by atoms with Crippen LogP contribution in [0, 0.1) is 0 Å². The highest BCUT2D eigenvalue weighted by molar-refractivity contribution is 7.80. The first kappa shape index (κ1) is 17.1. The predicted octanol–water partition coefficient (Wildman–Crippen LogP) is 4.47. The zero-order valence-electron chi connectivity index (χ0n) is 13.2. The molecule has 0 amide bonds. The Bertz CT molecular complexity index is 841. The molecule has 124 valence electrons. The lowest BCUT2D eigenvalue weighted by molar-refractivity contribution is 1.04. The molecule has 0 saturated carbocycles. The van der Waals surface area contributed by atoms with Crippen LogP contribution in [0.2, 0.25) is 5.02 Å². The number of nitrogens with one attached hydrogen (secondary N) is 2. The summed E-state index contributed by atoms with van der Waals surface area (Å²) in [6.07, 6.45) is 1.73. The Morgan fingerprint density at radius 1 is 0.960 bits per heavy atom. The van der Waals surface area contributed by atoms with Gasteiger partial charge in [-0.1, -0.05) is 54.1 Å². The van der Waals surface area contributed by atoms with Crippen molar-refractivity contribution in [2.45, 2.75) is 0 Å². The third-order valence-corrected chi connectivity index (χ3v) is 3.73. The monoisotopic (exact) mass is 366 g/mol. The van der Waals surface area contributed by atoms with Crippen molar-refractivity contribution in [2.75, 3.05) is 5.32 Å². The fourth-order valence-electron chi connectivity index (χ4n) is 2.20. The number of thiocarbonyl (C=S) groups is 1. The van der Waals surface area contributed by atoms with E-state index in [0.717, 1.165) is 16.9 Å². The van der Waals surface area contributed by atoms with Crippen LogP contribution in [-0.4, -0.2) is 15.8 Å². The molecule has 0 bridgehead atoms. The van der Waals surface area contributed by atoms with Gasteiger partial charge in [0.2, 0.25) is 0 Å². The summed E-state index contributed by atoms with van der Waals surface area (Å²) >= 11 is 11.3. The summed E-state index contributed by atoms with van der Waals surface area (Å²) in [5.41, 5.74) is 6.07. The molecule has 0 atom stereocenters. The van der Waals surface area contributed by atoms with Crippen molar-refractivity contribution in [3.8, 4) is 0 Å². The maximum Gasteiger partial charge on any atom is 0.191 e. The van der Waals surface area contributed by atoms with Gasteiger partial charge in [0.1, 0.15) is 5.71 Å². The summed E-state index contributed by atoms with van der Waals surface area (Å²) in [5, 5.41) is 8.50. The maximum absolute atomic E-state index is 5.98. The van der Waals surface area contributed by atoms with E-state index in [-0.39, 0.29) is 0 Å². The molecule has 2 aromatic carbocycles. The Balaban J connectivity index is 1.80. The lowest BCUT2D eigenvalue weighted by atomic mass is 10.1. The molecule has 3 rings (SSSR count). The van der Waals surface area contributed by atoms with Crippen LogP contribution in [0.3, 0.4) is 0 Å². The first-order valence-electron chi connectivity index (χ1n) is 7.59. The van der Waals surface area contributed by atoms with E-state index in [9.17, 15) is 0 Å². The molecule has 1 heterocycles. The van der Waals surface area contributed by atoms with Gasteiger partial charge >= 0.3 is 0 Å². The molecule has 1 aromatic heterocycles. The number of aromatic nitrogens is 1. The molecule has 0 fully saturated rings. The summed E-state index contributed by atoms with van der Waals surface area (Å²) in [5.74, 6) is 0. The first-order chi connectivity index (χ1) is 12.2. The van der Waals surface area contributed by atoms with E-state index in [2.05, 4.69) is 20.8 Å². The van der Waals surface area contributed by atoms with E-state index in [1.807, 2.05) is 60.7 Å². The smallest absolute Gasteiger partial charge is 0.191 e. The molecule has 0 spiro atoms.